The number of nitrogens with zero attached hydrogens (tertiary/aromatic N) is 3. The van der Waals surface area contributed by atoms with Crippen molar-refractivity contribution in [2.45, 2.75) is 20.8 Å². The molecule has 0 aliphatic heterocycles. The summed E-state index contributed by atoms with van der Waals surface area (Å²) < 4.78 is 2.32. The van der Waals surface area contributed by atoms with Crippen molar-refractivity contribution in [1.82, 2.24) is 4.57 Å². The normalized spacial score (nSPS) is 11.6. The van der Waals surface area contributed by atoms with Gasteiger partial charge in [-0.05, 0) is 83.7 Å². The fourth-order valence-electron chi connectivity index (χ4n) is 3.50. The molecule has 29 heavy (non-hydrogen) atoms. The van der Waals surface area contributed by atoms with Crippen molar-refractivity contribution in [3.05, 3.63) is 75.8 Å². The minimum atomic E-state index is 0.00429. The predicted octanol–water partition coefficient (Wildman–Crippen LogP) is 7.14. The standard InChI is InChI=1S/C23H20BrN3O2/c1-13-7-8-17-20(12-13)27(16-10-14(2)9-15(3)11-16)23(29)21(17)26-25-19-6-4-5-18(24)22(19)28/h4-12,28-29H,1-3H3. The summed E-state index contributed by atoms with van der Waals surface area (Å²) in [5.74, 6) is 0.0125. The molecule has 0 saturated carbocycles. The van der Waals surface area contributed by atoms with E-state index >= 15 is 0 Å². The van der Waals surface area contributed by atoms with Crippen molar-refractivity contribution in [3.8, 4) is 17.3 Å². The fraction of sp³-hybridized carbons (Fsp3) is 0.130. The lowest BCUT2D eigenvalue weighted by Gasteiger charge is -2.10. The van der Waals surface area contributed by atoms with Crippen LogP contribution in [0.5, 0.6) is 11.6 Å². The van der Waals surface area contributed by atoms with Crippen molar-refractivity contribution in [2.75, 3.05) is 0 Å². The summed E-state index contributed by atoms with van der Waals surface area (Å²) in [6.45, 7) is 6.07. The van der Waals surface area contributed by atoms with Gasteiger partial charge in [-0.1, -0.05) is 24.3 Å². The van der Waals surface area contributed by atoms with Crippen LogP contribution in [0.15, 0.2) is 69.3 Å². The average molecular weight is 450 g/mol. The van der Waals surface area contributed by atoms with Gasteiger partial charge in [0.15, 0.2) is 11.4 Å². The smallest absolute Gasteiger partial charge is 0.225 e. The Kier molecular flexibility index (Phi) is 4.88. The second-order valence-corrected chi connectivity index (χ2v) is 8.04. The summed E-state index contributed by atoms with van der Waals surface area (Å²) in [6, 6.07) is 17.2. The topological polar surface area (TPSA) is 70.1 Å². The quantitative estimate of drug-likeness (QED) is 0.326. The molecule has 6 heteroatoms. The van der Waals surface area contributed by atoms with Crippen LogP contribution < -0.4 is 0 Å². The number of aromatic nitrogens is 1. The van der Waals surface area contributed by atoms with Gasteiger partial charge in [-0.2, -0.15) is 0 Å². The Labute approximate surface area is 177 Å². The van der Waals surface area contributed by atoms with E-state index in [2.05, 4.69) is 32.2 Å². The van der Waals surface area contributed by atoms with E-state index in [0.717, 1.165) is 33.3 Å². The molecule has 0 amide bonds. The number of para-hydroxylation sites is 1. The molecule has 3 aromatic carbocycles. The highest BCUT2D eigenvalue weighted by Gasteiger charge is 2.19. The molecule has 0 aliphatic rings. The summed E-state index contributed by atoms with van der Waals surface area (Å²) in [6.07, 6.45) is 0. The van der Waals surface area contributed by atoms with Gasteiger partial charge < -0.3 is 10.2 Å². The van der Waals surface area contributed by atoms with E-state index in [4.69, 9.17) is 0 Å². The Balaban J connectivity index is 1.95. The lowest BCUT2D eigenvalue weighted by molar-refractivity contribution is 0.446. The molecule has 4 aromatic rings. The predicted molar refractivity (Wildman–Crippen MR) is 119 cm³/mol. The van der Waals surface area contributed by atoms with Crippen molar-refractivity contribution >= 4 is 38.2 Å². The summed E-state index contributed by atoms with van der Waals surface area (Å²) in [7, 11) is 0. The average Bonchev–Trinajstić information content (AvgIpc) is 2.92. The van der Waals surface area contributed by atoms with Crippen molar-refractivity contribution in [1.29, 1.82) is 0 Å². The van der Waals surface area contributed by atoms with E-state index in [9.17, 15) is 10.2 Å². The molecule has 0 aliphatic carbocycles. The summed E-state index contributed by atoms with van der Waals surface area (Å²) in [5, 5.41) is 30.5. The van der Waals surface area contributed by atoms with Gasteiger partial charge in [-0.15, -0.1) is 10.2 Å². The maximum Gasteiger partial charge on any atom is 0.225 e. The molecule has 0 spiro atoms. The number of hydrogen-bond acceptors (Lipinski definition) is 4. The molecule has 1 aromatic heterocycles. The van der Waals surface area contributed by atoms with E-state index in [1.165, 1.54) is 0 Å². The number of benzene rings is 3. The zero-order chi connectivity index (χ0) is 20.7. The van der Waals surface area contributed by atoms with E-state index in [1.807, 2.05) is 51.1 Å². The first-order chi connectivity index (χ1) is 13.8. The zero-order valence-electron chi connectivity index (χ0n) is 16.3. The van der Waals surface area contributed by atoms with Gasteiger partial charge in [0.05, 0.1) is 9.99 Å². The van der Waals surface area contributed by atoms with Crippen molar-refractivity contribution < 1.29 is 10.2 Å². The first kappa shape index (κ1) is 19.2. The van der Waals surface area contributed by atoms with Crippen LogP contribution in [0.1, 0.15) is 16.7 Å². The highest BCUT2D eigenvalue weighted by Crippen LogP contribution is 2.43. The monoisotopic (exact) mass is 449 g/mol. The van der Waals surface area contributed by atoms with Crippen molar-refractivity contribution in [3.63, 3.8) is 0 Å². The Hall–Kier alpha value is -3.12. The highest BCUT2D eigenvalue weighted by atomic mass is 79.9. The minimum absolute atomic E-state index is 0.00429. The molecule has 0 radical (unpaired) electrons. The minimum Gasteiger partial charge on any atom is -0.505 e. The van der Waals surface area contributed by atoms with E-state index < -0.39 is 0 Å². The maximum absolute atomic E-state index is 11.1. The number of aryl methyl sites for hydroxylation is 3. The molecule has 0 bridgehead atoms. The van der Waals surface area contributed by atoms with Gasteiger partial charge in [-0.3, -0.25) is 4.57 Å². The third kappa shape index (κ3) is 3.51. The highest BCUT2D eigenvalue weighted by molar-refractivity contribution is 9.10. The van der Waals surface area contributed by atoms with Crippen LogP contribution in [-0.4, -0.2) is 14.8 Å². The molecule has 0 unspecified atom stereocenters. The van der Waals surface area contributed by atoms with Crippen LogP contribution in [0.25, 0.3) is 16.6 Å². The molecule has 0 fully saturated rings. The lowest BCUT2D eigenvalue weighted by Crippen LogP contribution is -1.95. The molecule has 146 valence electrons. The number of rotatable bonds is 3. The van der Waals surface area contributed by atoms with Crippen molar-refractivity contribution in [2.24, 2.45) is 10.2 Å². The van der Waals surface area contributed by atoms with E-state index in [-0.39, 0.29) is 11.6 Å². The van der Waals surface area contributed by atoms with Crippen LogP contribution in [0.3, 0.4) is 0 Å². The van der Waals surface area contributed by atoms with Gasteiger partial charge in [0.25, 0.3) is 0 Å². The Morgan fingerprint density at radius 3 is 2.28 bits per heavy atom. The van der Waals surface area contributed by atoms with Gasteiger partial charge in [0.1, 0.15) is 5.69 Å². The SMILES string of the molecule is Cc1cc(C)cc(-n2c(O)c(N=Nc3cccc(Br)c3O)c3ccc(C)cc32)c1. The molecular weight excluding hydrogens is 430 g/mol. The van der Waals surface area contributed by atoms with Crippen LogP contribution in [0.4, 0.5) is 11.4 Å². The summed E-state index contributed by atoms with van der Waals surface area (Å²) in [4.78, 5) is 0. The Bertz CT molecular complexity index is 1250. The number of aromatic hydroxyl groups is 2. The Morgan fingerprint density at radius 1 is 0.828 bits per heavy atom. The summed E-state index contributed by atoms with van der Waals surface area (Å²) >= 11 is 3.28. The molecule has 2 N–H and O–H groups in total. The number of hydrogen-bond donors (Lipinski definition) is 2. The Morgan fingerprint density at radius 2 is 1.55 bits per heavy atom. The molecule has 0 atom stereocenters. The van der Waals surface area contributed by atoms with Crippen LogP contribution in [0, 0.1) is 20.8 Å². The number of halogens is 1. The third-order valence-electron chi connectivity index (χ3n) is 4.76. The second-order valence-electron chi connectivity index (χ2n) is 7.18. The van der Waals surface area contributed by atoms with Crippen LogP contribution in [0.2, 0.25) is 0 Å². The molecule has 1 heterocycles. The van der Waals surface area contributed by atoms with Crippen LogP contribution in [-0.2, 0) is 0 Å². The first-order valence-electron chi connectivity index (χ1n) is 9.17. The lowest BCUT2D eigenvalue weighted by atomic mass is 10.1. The number of phenolic OH excluding ortho intramolecular Hbond substituents is 1. The van der Waals surface area contributed by atoms with E-state index in [1.54, 1.807) is 22.8 Å². The summed E-state index contributed by atoms with van der Waals surface area (Å²) in [5.41, 5.74) is 5.68. The van der Waals surface area contributed by atoms with Gasteiger partial charge >= 0.3 is 0 Å². The number of phenols is 1. The maximum atomic E-state index is 11.1. The second kappa shape index (κ2) is 7.37. The molecular formula is C23H20BrN3O2. The fourth-order valence-corrected chi connectivity index (χ4v) is 3.85. The third-order valence-corrected chi connectivity index (χ3v) is 5.40. The number of azo groups is 1. The molecule has 0 saturated heterocycles. The van der Waals surface area contributed by atoms with Gasteiger partial charge in [0, 0.05) is 11.1 Å². The largest absolute Gasteiger partial charge is 0.505 e. The molecule has 4 rings (SSSR count). The molecule has 5 nitrogen and oxygen atoms in total. The number of fused-ring (bicyclic) bond motifs is 1. The first-order valence-corrected chi connectivity index (χ1v) is 9.96. The van der Waals surface area contributed by atoms with Gasteiger partial charge in [0.2, 0.25) is 5.88 Å². The zero-order valence-corrected chi connectivity index (χ0v) is 17.9. The van der Waals surface area contributed by atoms with Gasteiger partial charge in [-0.25, -0.2) is 0 Å². The van der Waals surface area contributed by atoms with E-state index in [0.29, 0.717) is 15.8 Å². The van der Waals surface area contributed by atoms with Crippen LogP contribution >= 0.6 is 15.9 Å².